The van der Waals surface area contributed by atoms with Gasteiger partial charge in [-0.1, -0.05) is 23.2 Å². The predicted octanol–water partition coefficient (Wildman–Crippen LogP) is 4.58. The third kappa shape index (κ3) is 3.71. The first-order chi connectivity index (χ1) is 15.8. The Hall–Kier alpha value is -3.16. The lowest BCUT2D eigenvalue weighted by Gasteiger charge is -2.39. The topological polar surface area (TPSA) is 75.6 Å². The van der Waals surface area contributed by atoms with Crippen molar-refractivity contribution in [3.63, 3.8) is 0 Å². The van der Waals surface area contributed by atoms with Crippen LogP contribution in [0.15, 0.2) is 55.0 Å². The fraction of sp³-hybridized carbons (Fsp3) is 0.250. The van der Waals surface area contributed by atoms with E-state index in [0.717, 1.165) is 5.56 Å². The first-order valence-electron chi connectivity index (χ1n) is 10.4. The lowest BCUT2D eigenvalue weighted by molar-refractivity contribution is 0.0172. The Labute approximate surface area is 200 Å². The molecular formula is C24H20Cl2N4O3. The fourth-order valence-electron chi connectivity index (χ4n) is 4.30. The molecule has 9 heteroatoms. The van der Waals surface area contributed by atoms with Gasteiger partial charge in [-0.05, 0) is 49.7 Å². The maximum absolute atomic E-state index is 13.2. The Morgan fingerprint density at radius 2 is 1.94 bits per heavy atom. The Kier molecular flexibility index (Phi) is 5.26. The molecule has 7 nitrogen and oxygen atoms in total. The second-order valence-corrected chi connectivity index (χ2v) is 9.40. The van der Waals surface area contributed by atoms with Crippen LogP contribution in [0.25, 0.3) is 0 Å². The highest BCUT2D eigenvalue weighted by atomic mass is 35.5. The second kappa shape index (κ2) is 8.01. The number of nitrogens with zero attached hydrogens (tertiary/aromatic N) is 4. The maximum atomic E-state index is 13.2. The summed E-state index contributed by atoms with van der Waals surface area (Å²) in [6.07, 6.45) is 4.59. The summed E-state index contributed by atoms with van der Waals surface area (Å²) in [4.78, 5) is 37.4. The van der Waals surface area contributed by atoms with Gasteiger partial charge >= 0.3 is 0 Å². The first-order valence-corrected chi connectivity index (χ1v) is 11.2. The number of fused-ring (bicyclic) bond motifs is 1. The summed E-state index contributed by atoms with van der Waals surface area (Å²) in [5.74, 6) is 0.185. The van der Waals surface area contributed by atoms with Crippen LogP contribution in [0, 0.1) is 0 Å². The fourth-order valence-corrected chi connectivity index (χ4v) is 4.68. The smallest absolute Gasteiger partial charge is 0.274 e. The monoisotopic (exact) mass is 482 g/mol. The van der Waals surface area contributed by atoms with Gasteiger partial charge < -0.3 is 9.64 Å². The van der Waals surface area contributed by atoms with Crippen molar-refractivity contribution in [2.45, 2.75) is 25.5 Å². The number of halogens is 2. The third-order valence-corrected chi connectivity index (χ3v) is 6.53. The molecule has 0 atom stereocenters. The van der Waals surface area contributed by atoms with Crippen molar-refractivity contribution in [1.29, 1.82) is 0 Å². The van der Waals surface area contributed by atoms with Gasteiger partial charge in [0.15, 0.2) is 0 Å². The third-order valence-electron chi connectivity index (χ3n) is 5.99. The number of hydrogen-bond donors (Lipinski definition) is 0. The summed E-state index contributed by atoms with van der Waals surface area (Å²) in [5.41, 5.74) is 1.75. The van der Waals surface area contributed by atoms with Crippen LogP contribution in [0.3, 0.4) is 0 Å². The number of benzene rings is 1. The van der Waals surface area contributed by atoms with E-state index >= 15 is 0 Å². The van der Waals surface area contributed by atoms with E-state index in [1.54, 1.807) is 52.5 Å². The molecule has 1 saturated heterocycles. The molecular weight excluding hydrogens is 463 g/mol. The molecule has 2 aromatic heterocycles. The van der Waals surface area contributed by atoms with Crippen LogP contribution in [0.1, 0.15) is 40.3 Å². The van der Waals surface area contributed by atoms with Gasteiger partial charge in [-0.3, -0.25) is 19.5 Å². The van der Waals surface area contributed by atoms with Crippen molar-refractivity contribution in [3.8, 4) is 5.75 Å². The molecule has 3 aromatic rings. The number of pyridine rings is 2. The molecule has 2 aliphatic rings. The molecule has 5 rings (SSSR count). The van der Waals surface area contributed by atoms with E-state index in [0.29, 0.717) is 40.1 Å². The highest BCUT2D eigenvalue weighted by molar-refractivity contribution is 6.33. The maximum Gasteiger partial charge on any atom is 0.274 e. The summed E-state index contributed by atoms with van der Waals surface area (Å²) in [5, 5.41) is 0.909. The average Bonchev–Trinajstić information content (AvgIpc) is 2.95. The quantitative estimate of drug-likeness (QED) is 0.543. The minimum atomic E-state index is -0.598. The van der Waals surface area contributed by atoms with Crippen LogP contribution < -0.4 is 9.64 Å². The van der Waals surface area contributed by atoms with Gasteiger partial charge in [0, 0.05) is 22.8 Å². The number of amides is 2. The zero-order valence-electron chi connectivity index (χ0n) is 18.0. The standard InChI is InChI=1S/C24H20Cl2N4O3/c1-24(2)19-8-14(25)5-6-18(19)22(31)30(24)15-9-16(11-27-10-15)33-17-12-29(13-17)23(32)21-20(26)4-3-7-28-21/h3-11,17H,12-13H2,1-2H3. The molecule has 0 aliphatic carbocycles. The van der Waals surface area contributed by atoms with Crippen LogP contribution in [0.4, 0.5) is 5.69 Å². The number of aromatic nitrogens is 2. The van der Waals surface area contributed by atoms with E-state index in [2.05, 4.69) is 9.97 Å². The molecule has 1 fully saturated rings. The predicted molar refractivity (Wildman–Crippen MR) is 125 cm³/mol. The normalized spacial score (nSPS) is 17.0. The van der Waals surface area contributed by atoms with Crippen LogP contribution in [-0.4, -0.2) is 45.9 Å². The van der Waals surface area contributed by atoms with Gasteiger partial charge in [-0.25, -0.2) is 4.98 Å². The number of anilines is 1. The molecule has 0 unspecified atom stereocenters. The van der Waals surface area contributed by atoms with E-state index in [1.165, 1.54) is 6.20 Å². The van der Waals surface area contributed by atoms with Gasteiger partial charge in [0.25, 0.3) is 11.8 Å². The summed E-state index contributed by atoms with van der Waals surface area (Å²) < 4.78 is 6.03. The van der Waals surface area contributed by atoms with Gasteiger partial charge in [-0.15, -0.1) is 0 Å². The summed E-state index contributed by atoms with van der Waals surface area (Å²) in [7, 11) is 0. The lowest BCUT2D eigenvalue weighted by atomic mass is 9.93. The van der Waals surface area contributed by atoms with Crippen molar-refractivity contribution in [3.05, 3.63) is 81.9 Å². The molecule has 33 heavy (non-hydrogen) atoms. The van der Waals surface area contributed by atoms with Crippen molar-refractivity contribution in [1.82, 2.24) is 14.9 Å². The number of rotatable bonds is 4. The van der Waals surface area contributed by atoms with Crippen molar-refractivity contribution >= 4 is 40.7 Å². The second-order valence-electron chi connectivity index (χ2n) is 8.55. The van der Waals surface area contributed by atoms with Crippen LogP contribution in [0.5, 0.6) is 5.75 Å². The molecule has 1 aromatic carbocycles. The van der Waals surface area contributed by atoms with E-state index in [9.17, 15) is 9.59 Å². The minimum Gasteiger partial charge on any atom is -0.485 e. The van der Waals surface area contributed by atoms with Gasteiger partial charge in [0.05, 0.1) is 41.7 Å². The highest BCUT2D eigenvalue weighted by Crippen LogP contribution is 2.43. The van der Waals surface area contributed by atoms with E-state index in [1.807, 2.05) is 19.9 Å². The molecule has 0 N–H and O–H groups in total. The average molecular weight is 483 g/mol. The zero-order chi connectivity index (χ0) is 23.3. The number of likely N-dealkylation sites (tertiary alicyclic amines) is 1. The Morgan fingerprint density at radius 3 is 2.70 bits per heavy atom. The molecule has 4 heterocycles. The Balaban J connectivity index is 1.30. The Morgan fingerprint density at radius 1 is 1.15 bits per heavy atom. The van der Waals surface area contributed by atoms with Crippen molar-refractivity contribution in [2.24, 2.45) is 0 Å². The van der Waals surface area contributed by atoms with Crippen molar-refractivity contribution in [2.75, 3.05) is 18.0 Å². The molecule has 0 radical (unpaired) electrons. The van der Waals surface area contributed by atoms with Crippen LogP contribution in [0.2, 0.25) is 10.0 Å². The molecule has 2 aliphatic heterocycles. The molecule has 0 spiro atoms. The number of carbonyl (C=O) groups is 2. The number of carbonyl (C=O) groups excluding carboxylic acids is 2. The summed E-state index contributed by atoms with van der Waals surface area (Å²) in [6.45, 7) is 4.76. The Bertz CT molecular complexity index is 1270. The van der Waals surface area contributed by atoms with Crippen LogP contribution in [-0.2, 0) is 5.54 Å². The van der Waals surface area contributed by atoms with E-state index in [4.69, 9.17) is 27.9 Å². The SMILES string of the molecule is CC1(C)c2cc(Cl)ccc2C(=O)N1c1cncc(OC2CN(C(=O)c3ncccc3Cl)C2)c1. The van der Waals surface area contributed by atoms with Gasteiger partial charge in [0.1, 0.15) is 17.5 Å². The summed E-state index contributed by atoms with van der Waals surface area (Å²) in [6, 6.07) is 10.4. The van der Waals surface area contributed by atoms with E-state index < -0.39 is 5.54 Å². The lowest BCUT2D eigenvalue weighted by Crippen LogP contribution is -2.56. The molecule has 2 amide bonds. The molecule has 0 bridgehead atoms. The van der Waals surface area contributed by atoms with E-state index in [-0.39, 0.29) is 23.6 Å². The first kappa shape index (κ1) is 21.7. The largest absolute Gasteiger partial charge is 0.485 e. The van der Waals surface area contributed by atoms with Gasteiger partial charge in [-0.2, -0.15) is 0 Å². The van der Waals surface area contributed by atoms with Crippen LogP contribution >= 0.6 is 23.2 Å². The number of ether oxygens (including phenoxy) is 1. The summed E-state index contributed by atoms with van der Waals surface area (Å²) >= 11 is 12.3. The zero-order valence-corrected chi connectivity index (χ0v) is 19.5. The molecule has 0 saturated carbocycles. The molecule has 168 valence electrons. The minimum absolute atomic E-state index is 0.113. The van der Waals surface area contributed by atoms with Gasteiger partial charge in [0.2, 0.25) is 0 Å². The number of hydrogen-bond acceptors (Lipinski definition) is 5. The van der Waals surface area contributed by atoms with Crippen molar-refractivity contribution < 1.29 is 14.3 Å². The highest BCUT2D eigenvalue weighted by Gasteiger charge is 2.44.